The van der Waals surface area contributed by atoms with E-state index in [4.69, 9.17) is 15.2 Å². The third-order valence-electron chi connectivity index (χ3n) is 4.18. The molecule has 2 heterocycles. The number of carbonyl (C=O) groups is 1. The van der Waals surface area contributed by atoms with Crippen molar-refractivity contribution in [3.8, 4) is 11.4 Å². The van der Waals surface area contributed by atoms with Crippen LogP contribution < -0.4 is 10.5 Å². The number of hydrogen-bond donors (Lipinski definition) is 1. The molecule has 26 heavy (non-hydrogen) atoms. The van der Waals surface area contributed by atoms with E-state index in [2.05, 4.69) is 10.3 Å². The van der Waals surface area contributed by atoms with E-state index in [9.17, 15) is 4.79 Å². The highest BCUT2D eigenvalue weighted by Gasteiger charge is 2.34. The Morgan fingerprint density at radius 3 is 2.81 bits per heavy atom. The van der Waals surface area contributed by atoms with E-state index >= 15 is 0 Å². The van der Waals surface area contributed by atoms with Gasteiger partial charge in [-0.25, -0.2) is 9.48 Å². The van der Waals surface area contributed by atoms with Gasteiger partial charge in [0.05, 0.1) is 19.3 Å². The van der Waals surface area contributed by atoms with Gasteiger partial charge in [-0.05, 0) is 51.8 Å². The number of nitrogens with zero attached hydrogens (tertiary/aromatic N) is 4. The van der Waals surface area contributed by atoms with Gasteiger partial charge in [0.2, 0.25) is 0 Å². The lowest BCUT2D eigenvalue weighted by Gasteiger charge is -2.27. The molecule has 1 atom stereocenters. The van der Waals surface area contributed by atoms with Gasteiger partial charge in [0.15, 0.2) is 0 Å². The minimum atomic E-state index is -0.531. The molecule has 3 rings (SSSR count). The fraction of sp³-hybridized carbons (Fsp3) is 0.500. The van der Waals surface area contributed by atoms with Gasteiger partial charge in [0.1, 0.15) is 22.7 Å². The number of nitrogens with two attached hydrogens (primary N) is 1. The van der Waals surface area contributed by atoms with Gasteiger partial charge in [0.25, 0.3) is 0 Å². The van der Waals surface area contributed by atoms with E-state index in [0.717, 1.165) is 18.5 Å². The largest absolute Gasteiger partial charge is 0.494 e. The summed E-state index contributed by atoms with van der Waals surface area (Å²) in [4.78, 5) is 14.2. The zero-order valence-electron chi connectivity index (χ0n) is 15.6. The Labute approximate surface area is 152 Å². The number of anilines is 1. The molecule has 2 N–H and O–H groups in total. The van der Waals surface area contributed by atoms with Crippen molar-refractivity contribution in [1.82, 2.24) is 19.9 Å². The van der Waals surface area contributed by atoms with E-state index in [0.29, 0.717) is 23.7 Å². The van der Waals surface area contributed by atoms with Crippen molar-refractivity contribution in [2.45, 2.75) is 45.3 Å². The van der Waals surface area contributed by atoms with Gasteiger partial charge in [-0.2, -0.15) is 0 Å². The van der Waals surface area contributed by atoms with Crippen molar-refractivity contribution in [3.05, 3.63) is 30.1 Å². The van der Waals surface area contributed by atoms with Crippen molar-refractivity contribution in [2.75, 3.05) is 19.4 Å². The van der Waals surface area contributed by atoms with Crippen LogP contribution in [0.15, 0.2) is 24.4 Å². The Morgan fingerprint density at radius 1 is 1.35 bits per heavy atom. The minimum absolute atomic E-state index is 0.148. The Balaban J connectivity index is 1.85. The summed E-state index contributed by atoms with van der Waals surface area (Å²) in [7, 11) is 1.59. The maximum atomic E-state index is 12.5. The summed E-state index contributed by atoms with van der Waals surface area (Å²) in [6.45, 7) is 6.23. The molecule has 0 radical (unpaired) electrons. The maximum absolute atomic E-state index is 12.5. The first-order valence-electron chi connectivity index (χ1n) is 8.64. The second-order valence-electron chi connectivity index (χ2n) is 7.35. The lowest BCUT2D eigenvalue weighted by Crippen LogP contribution is -2.36. The molecule has 1 fully saturated rings. The predicted octanol–water partition coefficient (Wildman–Crippen LogP) is 2.93. The van der Waals surface area contributed by atoms with E-state index in [1.807, 2.05) is 27.0 Å². The fourth-order valence-electron chi connectivity index (χ4n) is 3.05. The molecule has 140 valence electrons. The fourth-order valence-corrected chi connectivity index (χ4v) is 3.05. The number of ether oxygens (including phenoxy) is 2. The quantitative estimate of drug-likeness (QED) is 0.847. The lowest BCUT2D eigenvalue weighted by molar-refractivity contribution is 0.0221. The van der Waals surface area contributed by atoms with Gasteiger partial charge in [-0.15, -0.1) is 5.10 Å². The molecular weight excluding hydrogens is 334 g/mol. The number of aromatic nitrogens is 3. The summed E-state index contributed by atoms with van der Waals surface area (Å²) in [6.07, 6.45) is 3.21. The van der Waals surface area contributed by atoms with E-state index in [-0.39, 0.29) is 12.1 Å². The molecule has 0 aliphatic carbocycles. The number of rotatable bonds is 3. The van der Waals surface area contributed by atoms with Crippen LogP contribution in [0.4, 0.5) is 10.5 Å². The summed E-state index contributed by atoms with van der Waals surface area (Å²) < 4.78 is 12.5. The van der Waals surface area contributed by atoms with Gasteiger partial charge in [-0.3, -0.25) is 4.90 Å². The molecule has 2 aromatic rings. The highest BCUT2D eigenvalue weighted by molar-refractivity contribution is 5.69. The average molecular weight is 359 g/mol. The number of nitrogen functional groups attached to an aromatic ring is 1. The first-order chi connectivity index (χ1) is 12.3. The van der Waals surface area contributed by atoms with Crippen LogP contribution >= 0.6 is 0 Å². The van der Waals surface area contributed by atoms with Crippen molar-refractivity contribution in [2.24, 2.45) is 0 Å². The van der Waals surface area contributed by atoms with Gasteiger partial charge in [-0.1, -0.05) is 5.21 Å². The Bertz CT molecular complexity index is 796. The van der Waals surface area contributed by atoms with E-state index < -0.39 is 5.60 Å². The molecule has 8 heteroatoms. The maximum Gasteiger partial charge on any atom is 0.410 e. The van der Waals surface area contributed by atoms with E-state index in [1.54, 1.807) is 34.9 Å². The number of carbonyl (C=O) groups excluding carboxylic acids is 1. The second kappa shape index (κ2) is 6.86. The van der Waals surface area contributed by atoms with Crippen LogP contribution in [0.3, 0.4) is 0 Å². The molecule has 0 saturated carbocycles. The van der Waals surface area contributed by atoms with Crippen molar-refractivity contribution in [3.63, 3.8) is 0 Å². The van der Waals surface area contributed by atoms with Gasteiger partial charge in [0, 0.05) is 12.2 Å². The van der Waals surface area contributed by atoms with Gasteiger partial charge < -0.3 is 15.2 Å². The van der Waals surface area contributed by atoms with Crippen molar-refractivity contribution < 1.29 is 14.3 Å². The monoisotopic (exact) mass is 359 g/mol. The molecule has 1 aliphatic heterocycles. The predicted molar refractivity (Wildman–Crippen MR) is 97.2 cm³/mol. The molecule has 1 saturated heterocycles. The Hall–Kier alpha value is -2.77. The molecule has 0 unspecified atom stereocenters. The van der Waals surface area contributed by atoms with Crippen LogP contribution in [0, 0.1) is 0 Å². The summed E-state index contributed by atoms with van der Waals surface area (Å²) in [5.74, 6) is 0.645. The Kier molecular flexibility index (Phi) is 4.76. The summed E-state index contributed by atoms with van der Waals surface area (Å²) in [6, 6.07) is 5.18. The third kappa shape index (κ3) is 3.74. The molecule has 1 aliphatic rings. The van der Waals surface area contributed by atoms with Crippen LogP contribution in [-0.4, -0.2) is 45.2 Å². The first-order valence-corrected chi connectivity index (χ1v) is 8.64. The van der Waals surface area contributed by atoms with Crippen molar-refractivity contribution in [1.29, 1.82) is 0 Å². The van der Waals surface area contributed by atoms with E-state index in [1.165, 1.54) is 0 Å². The SMILES string of the molecule is COc1ccc(N)cc1-n1cc([C@@H]2CCCN2C(=O)OC(C)(C)C)nn1. The van der Waals surface area contributed by atoms with Crippen LogP contribution in [-0.2, 0) is 4.74 Å². The lowest BCUT2D eigenvalue weighted by atomic mass is 10.1. The highest BCUT2D eigenvalue weighted by atomic mass is 16.6. The molecule has 0 spiro atoms. The standard InChI is InChI=1S/C18H25N5O3/c1-18(2,3)26-17(24)22-9-5-6-14(22)13-11-23(21-20-13)15-10-12(19)7-8-16(15)25-4/h7-8,10-11,14H,5-6,9,19H2,1-4H3/t14-/m0/s1. The summed E-state index contributed by atoms with van der Waals surface area (Å²) in [5, 5.41) is 8.48. The molecule has 8 nitrogen and oxygen atoms in total. The number of methoxy groups -OCH3 is 1. The number of benzene rings is 1. The number of likely N-dealkylation sites (tertiary alicyclic amines) is 1. The Morgan fingerprint density at radius 2 is 2.12 bits per heavy atom. The smallest absolute Gasteiger partial charge is 0.410 e. The molecular formula is C18H25N5O3. The summed E-state index contributed by atoms with van der Waals surface area (Å²) >= 11 is 0. The number of hydrogen-bond acceptors (Lipinski definition) is 6. The number of amides is 1. The zero-order valence-corrected chi connectivity index (χ0v) is 15.6. The second-order valence-corrected chi connectivity index (χ2v) is 7.35. The first kappa shape index (κ1) is 18.0. The highest BCUT2D eigenvalue weighted by Crippen LogP contribution is 2.33. The van der Waals surface area contributed by atoms with Gasteiger partial charge >= 0.3 is 6.09 Å². The van der Waals surface area contributed by atoms with Crippen LogP contribution in [0.2, 0.25) is 0 Å². The van der Waals surface area contributed by atoms with Crippen LogP contribution in [0.1, 0.15) is 45.3 Å². The zero-order chi connectivity index (χ0) is 18.9. The molecule has 0 bridgehead atoms. The average Bonchev–Trinajstić information content (AvgIpc) is 3.22. The molecule has 1 aromatic heterocycles. The van der Waals surface area contributed by atoms with Crippen LogP contribution in [0.5, 0.6) is 5.75 Å². The minimum Gasteiger partial charge on any atom is -0.494 e. The van der Waals surface area contributed by atoms with Crippen molar-refractivity contribution >= 4 is 11.8 Å². The normalized spacial score (nSPS) is 17.4. The molecule has 1 amide bonds. The summed E-state index contributed by atoms with van der Waals surface area (Å²) in [5.41, 5.74) is 7.38. The van der Waals surface area contributed by atoms with Crippen LogP contribution in [0.25, 0.3) is 5.69 Å². The molecule has 1 aromatic carbocycles. The third-order valence-corrected chi connectivity index (χ3v) is 4.18. The topological polar surface area (TPSA) is 95.5 Å².